The second-order valence-corrected chi connectivity index (χ2v) is 4.39. The van der Waals surface area contributed by atoms with Crippen LogP contribution in [0, 0.1) is 5.92 Å². The summed E-state index contributed by atoms with van der Waals surface area (Å²) in [6.07, 6.45) is 1.92. The van der Waals surface area contributed by atoms with Crippen molar-refractivity contribution in [3.63, 3.8) is 0 Å². The number of morpholine rings is 1. The van der Waals surface area contributed by atoms with E-state index in [0.29, 0.717) is 25.6 Å². The third-order valence-electron chi connectivity index (χ3n) is 3.04. The van der Waals surface area contributed by atoms with Crippen LogP contribution in [0.1, 0.15) is 12.8 Å². The van der Waals surface area contributed by atoms with E-state index < -0.39 is 0 Å². The number of ether oxygens (including phenoxy) is 2. The quantitative estimate of drug-likeness (QED) is 0.750. The molecule has 0 aliphatic carbocycles. The number of carbonyl (C=O) groups excluding carboxylic acids is 1. The van der Waals surface area contributed by atoms with Gasteiger partial charge in [-0.1, -0.05) is 0 Å². The van der Waals surface area contributed by atoms with Crippen molar-refractivity contribution in [2.24, 2.45) is 5.92 Å². The molecular weight excluding hydrogens is 244 g/mol. The summed E-state index contributed by atoms with van der Waals surface area (Å²) in [5.74, 6) is 0.465. The number of hydrogen-bond acceptors (Lipinski definition) is 4. The Morgan fingerprint density at radius 2 is 2.29 bits per heavy atom. The first-order valence-corrected chi connectivity index (χ1v) is 6.04. The van der Waals surface area contributed by atoms with E-state index in [2.05, 4.69) is 10.6 Å². The number of amides is 1. The summed E-state index contributed by atoms with van der Waals surface area (Å²) in [5.41, 5.74) is 0. The van der Waals surface area contributed by atoms with Crippen LogP contribution in [-0.2, 0) is 14.3 Å². The van der Waals surface area contributed by atoms with Crippen LogP contribution in [0.25, 0.3) is 0 Å². The number of hydrogen-bond donors (Lipinski definition) is 2. The molecule has 2 fully saturated rings. The van der Waals surface area contributed by atoms with E-state index in [1.54, 1.807) is 0 Å². The molecule has 2 unspecified atom stereocenters. The average Bonchev–Trinajstić information content (AvgIpc) is 2.38. The third-order valence-corrected chi connectivity index (χ3v) is 3.04. The minimum atomic E-state index is -0.321. The standard InChI is InChI=1S/C11H20N2O3.ClH/c14-11(10-7-12-3-5-16-10)13-6-9-2-1-4-15-8-9;/h9-10,12H,1-8H2,(H,13,14);1H. The maximum absolute atomic E-state index is 11.7. The van der Waals surface area contributed by atoms with Gasteiger partial charge in [0.1, 0.15) is 6.10 Å². The van der Waals surface area contributed by atoms with E-state index >= 15 is 0 Å². The van der Waals surface area contributed by atoms with Gasteiger partial charge in [0.05, 0.1) is 13.2 Å². The zero-order valence-corrected chi connectivity index (χ0v) is 10.8. The topological polar surface area (TPSA) is 59.6 Å². The van der Waals surface area contributed by atoms with Crippen LogP contribution in [0.4, 0.5) is 0 Å². The lowest BCUT2D eigenvalue weighted by Gasteiger charge is -2.25. The van der Waals surface area contributed by atoms with E-state index in [9.17, 15) is 4.79 Å². The van der Waals surface area contributed by atoms with E-state index in [1.807, 2.05) is 0 Å². The van der Waals surface area contributed by atoms with E-state index in [0.717, 1.165) is 32.6 Å². The monoisotopic (exact) mass is 264 g/mol. The Morgan fingerprint density at radius 3 is 2.94 bits per heavy atom. The van der Waals surface area contributed by atoms with Crippen LogP contribution in [0.3, 0.4) is 0 Å². The van der Waals surface area contributed by atoms with Crippen molar-refractivity contribution in [1.29, 1.82) is 0 Å². The summed E-state index contributed by atoms with van der Waals surface area (Å²) in [7, 11) is 0. The lowest BCUT2D eigenvalue weighted by atomic mass is 10.0. The molecule has 0 radical (unpaired) electrons. The molecule has 0 bridgehead atoms. The molecule has 0 aromatic heterocycles. The van der Waals surface area contributed by atoms with Gasteiger partial charge in [-0.25, -0.2) is 0 Å². The number of rotatable bonds is 3. The summed E-state index contributed by atoms with van der Waals surface area (Å²) >= 11 is 0. The normalized spacial score (nSPS) is 29.2. The Balaban J connectivity index is 0.00000144. The third kappa shape index (κ3) is 4.79. The fourth-order valence-electron chi connectivity index (χ4n) is 2.06. The fraction of sp³-hybridized carbons (Fsp3) is 0.909. The largest absolute Gasteiger partial charge is 0.381 e. The van der Waals surface area contributed by atoms with Gasteiger partial charge in [-0.3, -0.25) is 4.79 Å². The van der Waals surface area contributed by atoms with Crippen LogP contribution >= 0.6 is 12.4 Å². The molecular formula is C11H21ClN2O3. The molecule has 2 aliphatic heterocycles. The van der Waals surface area contributed by atoms with Crippen LogP contribution < -0.4 is 10.6 Å². The van der Waals surface area contributed by atoms with Crippen molar-refractivity contribution in [3.05, 3.63) is 0 Å². The van der Waals surface area contributed by atoms with Crippen molar-refractivity contribution in [1.82, 2.24) is 10.6 Å². The van der Waals surface area contributed by atoms with Gasteiger partial charge in [-0.05, 0) is 18.8 Å². The molecule has 2 rings (SSSR count). The van der Waals surface area contributed by atoms with Crippen molar-refractivity contribution >= 4 is 18.3 Å². The van der Waals surface area contributed by atoms with Gasteiger partial charge < -0.3 is 20.1 Å². The molecule has 2 saturated heterocycles. The minimum absolute atomic E-state index is 0. The van der Waals surface area contributed by atoms with Gasteiger partial charge >= 0.3 is 0 Å². The Morgan fingerprint density at radius 1 is 1.41 bits per heavy atom. The Hall–Kier alpha value is -0.360. The summed E-state index contributed by atoms with van der Waals surface area (Å²) in [5, 5.41) is 6.08. The van der Waals surface area contributed by atoms with Crippen molar-refractivity contribution < 1.29 is 14.3 Å². The Bertz CT molecular complexity index is 229. The van der Waals surface area contributed by atoms with Crippen LogP contribution in [0.15, 0.2) is 0 Å². The molecule has 17 heavy (non-hydrogen) atoms. The molecule has 1 amide bonds. The average molecular weight is 265 g/mol. The smallest absolute Gasteiger partial charge is 0.250 e. The molecule has 2 atom stereocenters. The molecule has 6 heteroatoms. The molecule has 2 N–H and O–H groups in total. The van der Waals surface area contributed by atoms with Crippen LogP contribution in [0.2, 0.25) is 0 Å². The highest BCUT2D eigenvalue weighted by atomic mass is 35.5. The number of carbonyl (C=O) groups is 1. The maximum atomic E-state index is 11.7. The lowest BCUT2D eigenvalue weighted by molar-refractivity contribution is -0.134. The number of halogens is 1. The summed E-state index contributed by atoms with van der Waals surface area (Å²) < 4.78 is 10.7. The Kier molecular flexibility index (Phi) is 6.80. The highest BCUT2D eigenvalue weighted by Gasteiger charge is 2.22. The van der Waals surface area contributed by atoms with Gasteiger partial charge in [-0.15, -0.1) is 12.4 Å². The zero-order valence-electron chi connectivity index (χ0n) is 9.94. The lowest BCUT2D eigenvalue weighted by Crippen LogP contribution is -2.49. The second kappa shape index (κ2) is 7.87. The van der Waals surface area contributed by atoms with Gasteiger partial charge in [0.2, 0.25) is 5.91 Å². The molecule has 2 aliphatic rings. The fourth-order valence-corrected chi connectivity index (χ4v) is 2.06. The van der Waals surface area contributed by atoms with Gasteiger partial charge in [0.25, 0.3) is 0 Å². The highest BCUT2D eigenvalue weighted by Crippen LogP contribution is 2.12. The first-order chi connectivity index (χ1) is 7.86. The van der Waals surface area contributed by atoms with Crippen molar-refractivity contribution in [3.8, 4) is 0 Å². The molecule has 0 saturated carbocycles. The molecule has 0 aromatic carbocycles. The predicted octanol–water partition coefficient (Wildman–Crippen LogP) is -0.0606. The second-order valence-electron chi connectivity index (χ2n) is 4.39. The molecule has 0 spiro atoms. The first kappa shape index (κ1) is 14.7. The van der Waals surface area contributed by atoms with Crippen molar-refractivity contribution in [2.75, 3.05) is 39.5 Å². The summed E-state index contributed by atoms with van der Waals surface area (Å²) in [6, 6.07) is 0. The molecule has 100 valence electrons. The van der Waals surface area contributed by atoms with Gasteiger partial charge in [0.15, 0.2) is 0 Å². The molecule has 5 nitrogen and oxygen atoms in total. The molecule has 0 aromatic rings. The number of nitrogens with one attached hydrogen (secondary N) is 2. The maximum Gasteiger partial charge on any atom is 0.250 e. The van der Waals surface area contributed by atoms with Crippen LogP contribution in [-0.4, -0.2) is 51.5 Å². The highest BCUT2D eigenvalue weighted by molar-refractivity contribution is 5.85. The summed E-state index contributed by atoms with van der Waals surface area (Å²) in [4.78, 5) is 11.7. The molecule has 2 heterocycles. The summed E-state index contributed by atoms with van der Waals surface area (Å²) in [6.45, 7) is 4.40. The van der Waals surface area contributed by atoms with E-state index in [-0.39, 0.29) is 24.4 Å². The van der Waals surface area contributed by atoms with Gasteiger partial charge in [0, 0.05) is 26.2 Å². The zero-order chi connectivity index (χ0) is 11.2. The van der Waals surface area contributed by atoms with E-state index in [4.69, 9.17) is 9.47 Å². The predicted molar refractivity (Wildman–Crippen MR) is 66.4 cm³/mol. The Labute approximate surface area is 108 Å². The van der Waals surface area contributed by atoms with E-state index in [1.165, 1.54) is 0 Å². The van der Waals surface area contributed by atoms with Crippen molar-refractivity contribution in [2.45, 2.75) is 18.9 Å². The minimum Gasteiger partial charge on any atom is -0.381 e. The van der Waals surface area contributed by atoms with Gasteiger partial charge in [-0.2, -0.15) is 0 Å². The SMILES string of the molecule is Cl.O=C(NCC1CCCOC1)C1CNCCO1. The van der Waals surface area contributed by atoms with Crippen LogP contribution in [0.5, 0.6) is 0 Å². The first-order valence-electron chi connectivity index (χ1n) is 6.04.